The number of carbonyl (C=O) groups excluding carboxylic acids is 1. The van der Waals surface area contributed by atoms with Crippen LogP contribution in [-0.4, -0.2) is 5.78 Å². The summed E-state index contributed by atoms with van der Waals surface area (Å²) in [4.78, 5) is 12.3. The molecular formula is C22H34O. The van der Waals surface area contributed by atoms with Crippen LogP contribution >= 0.6 is 0 Å². The summed E-state index contributed by atoms with van der Waals surface area (Å²) in [6, 6.07) is 0. The van der Waals surface area contributed by atoms with Crippen molar-refractivity contribution in [2.24, 2.45) is 10.8 Å². The summed E-state index contributed by atoms with van der Waals surface area (Å²) >= 11 is 0. The molecule has 0 bridgehead atoms. The summed E-state index contributed by atoms with van der Waals surface area (Å²) in [5.74, 6) is 0.335. The van der Waals surface area contributed by atoms with Crippen LogP contribution in [0.25, 0.3) is 0 Å². The Morgan fingerprint density at radius 3 is 2.22 bits per heavy atom. The van der Waals surface area contributed by atoms with Crippen LogP contribution in [0.15, 0.2) is 33.9 Å². The summed E-state index contributed by atoms with van der Waals surface area (Å²) in [5, 5.41) is 0. The van der Waals surface area contributed by atoms with Crippen LogP contribution in [0.5, 0.6) is 0 Å². The monoisotopic (exact) mass is 314 g/mol. The van der Waals surface area contributed by atoms with E-state index in [0.29, 0.717) is 17.6 Å². The van der Waals surface area contributed by atoms with Crippen molar-refractivity contribution < 1.29 is 4.79 Å². The molecule has 1 nitrogen and oxygen atoms in total. The standard InChI is InChI=1S/C22H34O/c1-15-8-10-21(6,12-16(15)2)11-9-18(4)22(7)13-17(3)19(5)20(23)14-22/h9H,8,10-14H2,1-7H3. The minimum atomic E-state index is 0.0203. The van der Waals surface area contributed by atoms with Gasteiger partial charge in [0, 0.05) is 6.42 Å². The van der Waals surface area contributed by atoms with E-state index in [1.165, 1.54) is 30.4 Å². The van der Waals surface area contributed by atoms with Gasteiger partial charge in [-0.2, -0.15) is 0 Å². The summed E-state index contributed by atoms with van der Waals surface area (Å²) in [6.07, 6.45) is 9.02. The van der Waals surface area contributed by atoms with Crippen LogP contribution in [0.3, 0.4) is 0 Å². The van der Waals surface area contributed by atoms with Gasteiger partial charge in [-0.3, -0.25) is 4.79 Å². The molecule has 0 aliphatic heterocycles. The maximum Gasteiger partial charge on any atom is 0.159 e. The Morgan fingerprint density at radius 2 is 1.65 bits per heavy atom. The third-order valence-corrected chi connectivity index (χ3v) is 6.64. The molecular weight excluding hydrogens is 280 g/mol. The molecule has 128 valence electrons. The van der Waals surface area contributed by atoms with Gasteiger partial charge >= 0.3 is 0 Å². The Hall–Kier alpha value is -1.11. The molecule has 0 N–H and O–H groups in total. The van der Waals surface area contributed by atoms with Crippen molar-refractivity contribution in [3.8, 4) is 0 Å². The van der Waals surface area contributed by atoms with Gasteiger partial charge in [0.2, 0.25) is 0 Å². The molecule has 0 heterocycles. The Balaban J connectivity index is 2.13. The summed E-state index contributed by atoms with van der Waals surface area (Å²) in [6.45, 7) is 15.6. The van der Waals surface area contributed by atoms with Gasteiger partial charge in [-0.25, -0.2) is 0 Å². The molecule has 0 saturated carbocycles. The molecule has 23 heavy (non-hydrogen) atoms. The average Bonchev–Trinajstić information content (AvgIpc) is 2.46. The van der Waals surface area contributed by atoms with E-state index in [-0.39, 0.29) is 5.41 Å². The molecule has 0 radical (unpaired) electrons. The molecule has 2 unspecified atom stereocenters. The van der Waals surface area contributed by atoms with Gasteiger partial charge < -0.3 is 0 Å². The number of ketones is 1. The fourth-order valence-corrected chi connectivity index (χ4v) is 4.19. The topological polar surface area (TPSA) is 17.1 Å². The molecule has 0 spiro atoms. The lowest BCUT2D eigenvalue weighted by atomic mass is 9.67. The molecule has 0 amide bonds. The van der Waals surface area contributed by atoms with E-state index in [1.807, 2.05) is 6.92 Å². The second-order valence-corrected chi connectivity index (χ2v) is 8.88. The highest BCUT2D eigenvalue weighted by Gasteiger charge is 2.35. The number of carbonyl (C=O) groups is 1. The van der Waals surface area contributed by atoms with Crippen molar-refractivity contribution in [2.45, 2.75) is 87.0 Å². The molecule has 0 aromatic carbocycles. The van der Waals surface area contributed by atoms with Gasteiger partial charge in [0.15, 0.2) is 5.78 Å². The first-order chi connectivity index (χ1) is 10.6. The molecule has 2 rings (SSSR count). The van der Waals surface area contributed by atoms with Crippen molar-refractivity contribution in [1.29, 1.82) is 0 Å². The van der Waals surface area contributed by atoms with E-state index in [0.717, 1.165) is 18.4 Å². The first-order valence-electron chi connectivity index (χ1n) is 9.08. The predicted molar refractivity (Wildman–Crippen MR) is 99.4 cm³/mol. The molecule has 2 aliphatic rings. The van der Waals surface area contributed by atoms with Gasteiger partial charge in [0.25, 0.3) is 0 Å². The van der Waals surface area contributed by atoms with Gasteiger partial charge in [-0.05, 0) is 83.1 Å². The van der Waals surface area contributed by atoms with E-state index in [1.54, 1.807) is 11.1 Å². The predicted octanol–water partition coefficient (Wildman–Crippen LogP) is 6.56. The number of hydrogen-bond acceptors (Lipinski definition) is 1. The normalized spacial score (nSPS) is 33.5. The smallest absolute Gasteiger partial charge is 0.159 e. The Labute approximate surface area is 142 Å². The number of rotatable bonds is 3. The second-order valence-electron chi connectivity index (χ2n) is 8.88. The molecule has 2 atom stereocenters. The summed E-state index contributed by atoms with van der Waals surface area (Å²) in [7, 11) is 0. The zero-order valence-corrected chi connectivity index (χ0v) is 16.2. The van der Waals surface area contributed by atoms with E-state index in [2.05, 4.69) is 47.6 Å². The van der Waals surface area contributed by atoms with Crippen LogP contribution in [0.2, 0.25) is 0 Å². The lowest BCUT2D eigenvalue weighted by Gasteiger charge is -2.37. The highest BCUT2D eigenvalue weighted by Crippen LogP contribution is 2.45. The first kappa shape index (κ1) is 18.2. The first-order valence-corrected chi connectivity index (χ1v) is 9.08. The van der Waals surface area contributed by atoms with Crippen LogP contribution in [0.1, 0.15) is 87.0 Å². The Morgan fingerprint density at radius 1 is 1.00 bits per heavy atom. The van der Waals surface area contributed by atoms with Gasteiger partial charge in [-0.1, -0.05) is 42.2 Å². The van der Waals surface area contributed by atoms with Crippen LogP contribution in [0, 0.1) is 10.8 Å². The zero-order chi connectivity index (χ0) is 17.4. The van der Waals surface area contributed by atoms with E-state index >= 15 is 0 Å². The largest absolute Gasteiger partial charge is 0.295 e. The fraction of sp³-hybridized carbons (Fsp3) is 0.682. The third-order valence-electron chi connectivity index (χ3n) is 6.64. The lowest BCUT2D eigenvalue weighted by Crippen LogP contribution is -2.28. The highest BCUT2D eigenvalue weighted by molar-refractivity contribution is 5.97. The molecule has 0 aromatic rings. The maximum absolute atomic E-state index is 12.3. The second kappa shape index (κ2) is 6.42. The van der Waals surface area contributed by atoms with Gasteiger partial charge in [-0.15, -0.1) is 0 Å². The van der Waals surface area contributed by atoms with E-state index < -0.39 is 0 Å². The van der Waals surface area contributed by atoms with Crippen molar-refractivity contribution >= 4 is 5.78 Å². The van der Waals surface area contributed by atoms with Crippen molar-refractivity contribution in [2.75, 3.05) is 0 Å². The number of allylic oxidation sites excluding steroid dienone is 6. The highest BCUT2D eigenvalue weighted by atomic mass is 16.1. The van der Waals surface area contributed by atoms with Crippen molar-refractivity contribution in [3.63, 3.8) is 0 Å². The van der Waals surface area contributed by atoms with E-state index in [4.69, 9.17) is 0 Å². The molecule has 0 fully saturated rings. The maximum atomic E-state index is 12.3. The average molecular weight is 315 g/mol. The van der Waals surface area contributed by atoms with E-state index in [9.17, 15) is 4.79 Å². The molecule has 0 aromatic heterocycles. The SMILES string of the molecule is CC(=CCC1(C)CCC(C)=C(C)C1)C1(C)CC(=O)C(C)=C(C)C1. The number of hydrogen-bond donors (Lipinski definition) is 0. The van der Waals surface area contributed by atoms with Crippen LogP contribution in [0.4, 0.5) is 0 Å². The van der Waals surface area contributed by atoms with Crippen LogP contribution in [-0.2, 0) is 4.79 Å². The summed E-state index contributed by atoms with van der Waals surface area (Å²) in [5.41, 5.74) is 7.25. The number of Topliss-reactive ketones (excluding diaryl/α,β-unsaturated/α-hetero) is 1. The van der Waals surface area contributed by atoms with Crippen LogP contribution < -0.4 is 0 Å². The molecule has 2 aliphatic carbocycles. The van der Waals surface area contributed by atoms with Crippen molar-refractivity contribution in [3.05, 3.63) is 33.9 Å². The lowest BCUT2D eigenvalue weighted by molar-refractivity contribution is -0.117. The van der Waals surface area contributed by atoms with Gasteiger partial charge in [0.1, 0.15) is 0 Å². The molecule has 1 heteroatoms. The Kier molecular flexibility index (Phi) is 5.09. The van der Waals surface area contributed by atoms with Crippen molar-refractivity contribution in [1.82, 2.24) is 0 Å². The molecule has 0 saturated heterocycles. The Bertz CT molecular complexity index is 601. The minimum absolute atomic E-state index is 0.0203. The summed E-state index contributed by atoms with van der Waals surface area (Å²) < 4.78 is 0. The zero-order valence-electron chi connectivity index (χ0n) is 16.2. The fourth-order valence-electron chi connectivity index (χ4n) is 4.19. The third kappa shape index (κ3) is 3.87. The quantitative estimate of drug-likeness (QED) is 0.539. The minimum Gasteiger partial charge on any atom is -0.295 e. The van der Waals surface area contributed by atoms with Gasteiger partial charge in [0.05, 0.1) is 0 Å².